The van der Waals surface area contributed by atoms with Crippen LogP contribution in [0, 0.1) is 0 Å². The van der Waals surface area contributed by atoms with Gasteiger partial charge in [-0.05, 0) is 0 Å². The summed E-state index contributed by atoms with van der Waals surface area (Å²) in [4.78, 5) is 18.0. The molecule has 12 heavy (non-hydrogen) atoms. The summed E-state index contributed by atoms with van der Waals surface area (Å²) in [7, 11) is 0. The molecule has 0 atom stereocenters. The summed E-state index contributed by atoms with van der Waals surface area (Å²) in [5.41, 5.74) is -0.508. The van der Waals surface area contributed by atoms with E-state index >= 15 is 0 Å². The summed E-state index contributed by atoms with van der Waals surface area (Å²) < 4.78 is 1.25. The monoisotopic (exact) mass is 204 g/mol. The average Bonchev–Trinajstić information content (AvgIpc) is 2.29. The van der Waals surface area contributed by atoms with Gasteiger partial charge >= 0.3 is 5.69 Å². The number of hydrogen-bond acceptors (Lipinski definition) is 3. The molecular formula is C5H2Cl2N4O. The summed E-state index contributed by atoms with van der Waals surface area (Å²) in [6.45, 7) is 0. The van der Waals surface area contributed by atoms with E-state index in [4.69, 9.17) is 23.2 Å². The van der Waals surface area contributed by atoms with Gasteiger partial charge in [-0.2, -0.15) is 9.97 Å². The van der Waals surface area contributed by atoms with Gasteiger partial charge in [0.2, 0.25) is 0 Å². The van der Waals surface area contributed by atoms with Gasteiger partial charge in [-0.25, -0.2) is 14.4 Å². The Morgan fingerprint density at radius 2 is 2.17 bits per heavy atom. The zero-order valence-corrected chi connectivity index (χ0v) is 7.10. The van der Waals surface area contributed by atoms with Crippen LogP contribution in [-0.4, -0.2) is 19.6 Å². The molecule has 0 spiro atoms. The van der Waals surface area contributed by atoms with E-state index in [0.717, 1.165) is 0 Å². The molecule has 62 valence electrons. The first-order valence-corrected chi connectivity index (χ1v) is 3.73. The highest BCUT2D eigenvalue weighted by atomic mass is 35.5. The molecule has 2 rings (SSSR count). The van der Waals surface area contributed by atoms with Crippen molar-refractivity contribution in [2.24, 2.45) is 0 Å². The van der Waals surface area contributed by atoms with Crippen LogP contribution >= 0.6 is 23.2 Å². The first-order valence-electron chi connectivity index (χ1n) is 2.97. The quantitative estimate of drug-likeness (QED) is 0.644. The highest BCUT2D eigenvalue weighted by Crippen LogP contribution is 2.12. The minimum Gasteiger partial charge on any atom is -0.244 e. The number of hydrogen-bond donors (Lipinski definition) is 1. The molecule has 0 fully saturated rings. The van der Waals surface area contributed by atoms with Crippen LogP contribution in [-0.2, 0) is 0 Å². The fourth-order valence-electron chi connectivity index (χ4n) is 0.826. The Morgan fingerprint density at radius 1 is 1.42 bits per heavy atom. The Hall–Kier alpha value is -1.07. The zero-order chi connectivity index (χ0) is 8.72. The Morgan fingerprint density at radius 3 is 2.92 bits per heavy atom. The minimum atomic E-state index is -0.508. The van der Waals surface area contributed by atoms with Gasteiger partial charge < -0.3 is 0 Å². The molecule has 5 nitrogen and oxygen atoms in total. The number of rotatable bonds is 0. The van der Waals surface area contributed by atoms with Crippen molar-refractivity contribution in [3.63, 3.8) is 0 Å². The van der Waals surface area contributed by atoms with Gasteiger partial charge in [0.1, 0.15) is 10.3 Å². The molecule has 2 aromatic rings. The van der Waals surface area contributed by atoms with Gasteiger partial charge in [0.15, 0.2) is 0 Å². The Labute approximate surface area is 75.9 Å². The van der Waals surface area contributed by atoms with E-state index in [-0.39, 0.29) is 16.1 Å². The number of nitrogens with zero attached hydrogens (tertiary/aromatic N) is 3. The molecule has 0 saturated carbocycles. The number of aromatic nitrogens is 4. The Balaban J connectivity index is 2.97. The second-order valence-corrected chi connectivity index (χ2v) is 2.84. The van der Waals surface area contributed by atoms with Crippen molar-refractivity contribution in [3.8, 4) is 0 Å². The summed E-state index contributed by atoms with van der Waals surface area (Å²) in [5.74, 6) is 0.164. The molecule has 2 aromatic heterocycles. The fourth-order valence-corrected chi connectivity index (χ4v) is 1.28. The summed E-state index contributed by atoms with van der Waals surface area (Å²) in [6, 6.07) is 1.41. The van der Waals surface area contributed by atoms with Gasteiger partial charge in [0.05, 0.1) is 0 Å². The van der Waals surface area contributed by atoms with Crippen LogP contribution in [0.2, 0.25) is 10.3 Å². The van der Waals surface area contributed by atoms with Gasteiger partial charge in [-0.1, -0.05) is 23.2 Å². The van der Waals surface area contributed by atoms with Crippen molar-refractivity contribution >= 4 is 29.0 Å². The molecule has 7 heteroatoms. The minimum absolute atomic E-state index is 0.164. The van der Waals surface area contributed by atoms with Crippen LogP contribution in [0.4, 0.5) is 0 Å². The maximum atomic E-state index is 10.7. The number of H-pyrrole nitrogens is 1. The second-order valence-electron chi connectivity index (χ2n) is 2.07. The molecule has 0 bridgehead atoms. The van der Waals surface area contributed by atoms with E-state index in [1.165, 1.54) is 10.6 Å². The van der Waals surface area contributed by atoms with Crippen LogP contribution < -0.4 is 5.69 Å². The maximum Gasteiger partial charge on any atom is 0.363 e. The molecule has 1 N–H and O–H groups in total. The first kappa shape index (κ1) is 7.57. The molecule has 0 aromatic carbocycles. The Kier molecular flexibility index (Phi) is 1.55. The number of aromatic amines is 1. The maximum absolute atomic E-state index is 10.7. The third kappa shape index (κ3) is 1.07. The van der Waals surface area contributed by atoms with E-state index in [1.54, 1.807) is 0 Å². The molecule has 0 amide bonds. The topological polar surface area (TPSA) is 63.1 Å². The van der Waals surface area contributed by atoms with Crippen LogP contribution in [0.1, 0.15) is 0 Å². The fraction of sp³-hybridized carbons (Fsp3) is 0. The highest BCUT2D eigenvalue weighted by molar-refractivity contribution is 6.33. The van der Waals surface area contributed by atoms with E-state index in [9.17, 15) is 4.79 Å². The SMILES string of the molecule is O=c1nc2nc(Cl)cc(Cl)n2[nH]1. The van der Waals surface area contributed by atoms with Gasteiger partial charge in [0, 0.05) is 6.07 Å². The smallest absolute Gasteiger partial charge is 0.244 e. The van der Waals surface area contributed by atoms with Gasteiger partial charge in [-0.3, -0.25) is 0 Å². The molecule has 0 aliphatic carbocycles. The van der Waals surface area contributed by atoms with Crippen molar-refractivity contribution in [1.82, 2.24) is 19.6 Å². The van der Waals surface area contributed by atoms with E-state index in [0.29, 0.717) is 0 Å². The van der Waals surface area contributed by atoms with E-state index in [2.05, 4.69) is 15.1 Å². The molecule has 0 saturated heterocycles. The highest BCUT2D eigenvalue weighted by Gasteiger charge is 2.04. The molecule has 0 aliphatic heterocycles. The Bertz CT molecular complexity index is 488. The number of halogens is 2. The molecule has 0 aliphatic rings. The summed E-state index contributed by atoms with van der Waals surface area (Å²) in [5, 5.41) is 2.81. The third-order valence-electron chi connectivity index (χ3n) is 1.27. The van der Waals surface area contributed by atoms with E-state index in [1.807, 2.05) is 0 Å². The lowest BCUT2D eigenvalue weighted by Gasteiger charge is -1.94. The number of nitrogens with one attached hydrogen (secondary N) is 1. The van der Waals surface area contributed by atoms with Crippen molar-refractivity contribution < 1.29 is 0 Å². The second kappa shape index (κ2) is 2.46. The van der Waals surface area contributed by atoms with Crippen LogP contribution in [0.15, 0.2) is 10.9 Å². The van der Waals surface area contributed by atoms with Gasteiger partial charge in [-0.15, -0.1) is 0 Å². The molecule has 0 radical (unpaired) electrons. The van der Waals surface area contributed by atoms with Crippen LogP contribution in [0.25, 0.3) is 5.78 Å². The van der Waals surface area contributed by atoms with Crippen molar-refractivity contribution in [2.45, 2.75) is 0 Å². The third-order valence-corrected chi connectivity index (χ3v) is 1.74. The van der Waals surface area contributed by atoms with Gasteiger partial charge in [0.25, 0.3) is 5.78 Å². The van der Waals surface area contributed by atoms with Crippen molar-refractivity contribution in [1.29, 1.82) is 0 Å². The predicted molar refractivity (Wildman–Crippen MR) is 43.6 cm³/mol. The van der Waals surface area contributed by atoms with Crippen LogP contribution in [0.3, 0.4) is 0 Å². The summed E-state index contributed by atoms with van der Waals surface area (Å²) >= 11 is 11.3. The van der Waals surface area contributed by atoms with Crippen molar-refractivity contribution in [3.05, 3.63) is 26.9 Å². The lowest BCUT2D eigenvalue weighted by atomic mass is 10.7. The first-order chi connectivity index (χ1) is 5.66. The molecule has 0 unspecified atom stereocenters. The largest absolute Gasteiger partial charge is 0.363 e. The zero-order valence-electron chi connectivity index (χ0n) is 5.58. The van der Waals surface area contributed by atoms with E-state index < -0.39 is 5.69 Å². The lowest BCUT2D eigenvalue weighted by Crippen LogP contribution is -2.02. The van der Waals surface area contributed by atoms with Crippen molar-refractivity contribution in [2.75, 3.05) is 0 Å². The van der Waals surface area contributed by atoms with Crippen LogP contribution in [0.5, 0.6) is 0 Å². The lowest BCUT2D eigenvalue weighted by molar-refractivity contribution is 0.920. The normalized spacial score (nSPS) is 10.8. The standard InChI is InChI=1S/C5H2Cl2N4O/c6-2-1-3(7)11-4(8-2)9-5(12)10-11/h1H,(H,10,12). The molecule has 2 heterocycles. The number of fused-ring (bicyclic) bond motifs is 1. The molecular weight excluding hydrogens is 203 g/mol. The summed E-state index contributed by atoms with van der Waals surface area (Å²) in [6.07, 6.45) is 0. The average molecular weight is 205 g/mol. The predicted octanol–water partition coefficient (Wildman–Crippen LogP) is 0.724.